The molecule has 0 radical (unpaired) electrons. The Morgan fingerprint density at radius 3 is 2.49 bits per heavy atom. The van der Waals surface area contributed by atoms with Gasteiger partial charge in [0.25, 0.3) is 5.91 Å². The van der Waals surface area contributed by atoms with Gasteiger partial charge in [-0.05, 0) is 99.3 Å². The maximum Gasteiger partial charge on any atom is 0.251 e. The number of hydrogen-bond donors (Lipinski definition) is 3. The van der Waals surface area contributed by atoms with E-state index in [0.717, 1.165) is 38.8 Å². The normalized spacial score (nSPS) is 23.9. The zero-order chi connectivity index (χ0) is 30.2. The molecule has 3 heterocycles. The molecule has 6 rings (SSSR count). The lowest BCUT2D eigenvalue weighted by atomic mass is 9.60. The van der Waals surface area contributed by atoms with Gasteiger partial charge in [0.1, 0.15) is 11.6 Å². The molecule has 230 valence electrons. The number of hydrogen-bond acceptors (Lipinski definition) is 7. The fourth-order valence-corrected chi connectivity index (χ4v) is 7.46. The van der Waals surface area contributed by atoms with E-state index >= 15 is 4.39 Å². The number of nitrogens with zero attached hydrogens (tertiary/aromatic N) is 2. The molecule has 3 saturated heterocycles. The van der Waals surface area contributed by atoms with Crippen molar-refractivity contribution in [3.05, 3.63) is 59.4 Å². The maximum atomic E-state index is 15.1. The second kappa shape index (κ2) is 11.9. The van der Waals surface area contributed by atoms with Crippen molar-refractivity contribution in [3.8, 4) is 5.75 Å². The molecule has 0 aromatic heterocycles. The lowest BCUT2D eigenvalue weighted by Crippen LogP contribution is -2.57. The van der Waals surface area contributed by atoms with Crippen molar-refractivity contribution in [1.29, 1.82) is 0 Å². The van der Waals surface area contributed by atoms with Crippen molar-refractivity contribution >= 4 is 23.4 Å². The third kappa shape index (κ3) is 6.40. The fourth-order valence-electron chi connectivity index (χ4n) is 7.46. The number of β-amino-alcohol motifs (C(OH)–C–C–N with tert-alkyl or cyclic N) is 1. The summed E-state index contributed by atoms with van der Waals surface area (Å²) in [5.74, 6) is -0.942. The van der Waals surface area contributed by atoms with Gasteiger partial charge in [0.2, 0.25) is 11.8 Å². The molecule has 1 unspecified atom stereocenters. The van der Waals surface area contributed by atoms with Gasteiger partial charge in [0.15, 0.2) is 0 Å². The lowest BCUT2D eigenvalue weighted by molar-refractivity contribution is -0.134. The van der Waals surface area contributed by atoms with Crippen molar-refractivity contribution in [3.63, 3.8) is 0 Å². The molecule has 0 bridgehead atoms. The van der Waals surface area contributed by atoms with Crippen LogP contribution in [-0.4, -0.2) is 79.2 Å². The molecule has 2 aromatic rings. The predicted octanol–water partition coefficient (Wildman–Crippen LogP) is 3.36. The summed E-state index contributed by atoms with van der Waals surface area (Å²) in [6.07, 6.45) is 5.86. The molecule has 1 spiro atoms. The minimum Gasteiger partial charge on any atom is -0.497 e. The van der Waals surface area contributed by atoms with Gasteiger partial charge >= 0.3 is 0 Å². The second-order valence-electron chi connectivity index (χ2n) is 13.0. The molecule has 10 heteroatoms. The molecule has 1 aliphatic carbocycles. The number of methoxy groups -OCH3 is 1. The van der Waals surface area contributed by atoms with E-state index in [1.165, 1.54) is 6.07 Å². The highest BCUT2D eigenvalue weighted by Crippen LogP contribution is 2.49. The topological polar surface area (TPSA) is 111 Å². The first-order chi connectivity index (χ1) is 20.6. The van der Waals surface area contributed by atoms with Crippen molar-refractivity contribution in [2.24, 2.45) is 5.41 Å². The molecular formula is C33H41FN4O5. The van der Waals surface area contributed by atoms with Crippen LogP contribution in [0.1, 0.15) is 73.2 Å². The molecule has 4 aliphatic rings. The molecule has 3 amide bonds. The average Bonchev–Trinajstić information content (AvgIpc) is 2.98. The minimum absolute atomic E-state index is 0.0603. The van der Waals surface area contributed by atoms with E-state index in [1.807, 2.05) is 17.0 Å². The van der Waals surface area contributed by atoms with E-state index in [-0.39, 0.29) is 41.4 Å². The number of amides is 3. The number of imide groups is 1. The van der Waals surface area contributed by atoms with E-state index < -0.39 is 11.5 Å². The average molecular weight is 593 g/mol. The van der Waals surface area contributed by atoms with Crippen LogP contribution in [0.15, 0.2) is 42.5 Å². The van der Waals surface area contributed by atoms with Gasteiger partial charge in [-0.25, -0.2) is 4.39 Å². The Bertz CT molecular complexity index is 1380. The van der Waals surface area contributed by atoms with Gasteiger partial charge in [-0.2, -0.15) is 0 Å². The highest BCUT2D eigenvalue weighted by Gasteiger charge is 2.47. The highest BCUT2D eigenvalue weighted by molar-refractivity contribution is 6.01. The number of aliphatic hydroxyl groups is 1. The Morgan fingerprint density at radius 2 is 1.81 bits per heavy atom. The van der Waals surface area contributed by atoms with Gasteiger partial charge in [-0.15, -0.1) is 0 Å². The summed E-state index contributed by atoms with van der Waals surface area (Å²) in [6.45, 7) is 3.58. The molecule has 1 atom stereocenters. The van der Waals surface area contributed by atoms with Crippen molar-refractivity contribution in [1.82, 2.24) is 15.5 Å². The number of piperidine rings is 3. The molecule has 9 nitrogen and oxygen atoms in total. The van der Waals surface area contributed by atoms with E-state index in [4.69, 9.17) is 4.74 Å². The number of carbonyl (C=O) groups excluding carboxylic acids is 3. The number of nitrogens with one attached hydrogen (secondary N) is 2. The van der Waals surface area contributed by atoms with E-state index in [0.29, 0.717) is 61.5 Å². The Balaban J connectivity index is 0.950. The molecule has 43 heavy (non-hydrogen) atoms. The number of likely N-dealkylation sites (tertiary alicyclic amines) is 1. The number of rotatable bonds is 7. The van der Waals surface area contributed by atoms with Gasteiger partial charge in [0.05, 0.1) is 24.3 Å². The van der Waals surface area contributed by atoms with Crippen molar-refractivity contribution in [2.75, 3.05) is 44.7 Å². The molecule has 1 saturated carbocycles. The monoisotopic (exact) mass is 592 g/mol. The summed E-state index contributed by atoms with van der Waals surface area (Å²) in [5.41, 5.74) is 1.14. The molecule has 4 fully saturated rings. The van der Waals surface area contributed by atoms with E-state index in [9.17, 15) is 19.5 Å². The number of ether oxygens (including phenoxy) is 1. The smallest absolute Gasteiger partial charge is 0.251 e. The zero-order valence-corrected chi connectivity index (χ0v) is 24.7. The molecule has 3 aliphatic heterocycles. The Labute approximate surface area is 251 Å². The summed E-state index contributed by atoms with van der Waals surface area (Å²) in [7, 11) is 1.59. The number of anilines is 1. The maximum absolute atomic E-state index is 15.1. The Hall–Kier alpha value is -3.50. The predicted molar refractivity (Wildman–Crippen MR) is 160 cm³/mol. The third-order valence-corrected chi connectivity index (χ3v) is 10.1. The Morgan fingerprint density at radius 1 is 1.07 bits per heavy atom. The number of carbonyl (C=O) groups is 3. The van der Waals surface area contributed by atoms with E-state index in [2.05, 4.69) is 15.5 Å². The summed E-state index contributed by atoms with van der Waals surface area (Å²) in [5, 5.41) is 16.9. The first kappa shape index (κ1) is 29.6. The molecule has 3 N–H and O–H groups in total. The standard InChI is InChI=1S/C33H41FN4O5/c1-43-25-4-2-3-23(17-25)30(40)35-24-19-32(20-24)9-13-37(14-10-32)21-33(42)11-15-38(16-12-33)28-7-5-22(18-27(28)34)26-6-8-29(39)36-31(26)41/h2-5,7,17-18,24,26,42H,6,8-16,19-21H2,1H3,(H,35,40)(H,36,39,41). The van der Waals surface area contributed by atoms with Crippen LogP contribution in [-0.2, 0) is 9.59 Å². The molecule has 2 aromatic carbocycles. The summed E-state index contributed by atoms with van der Waals surface area (Å²) in [6, 6.07) is 12.3. The van der Waals surface area contributed by atoms with Crippen LogP contribution in [0.4, 0.5) is 10.1 Å². The fraction of sp³-hybridized carbons (Fsp3) is 0.545. The second-order valence-corrected chi connectivity index (χ2v) is 13.0. The quantitative estimate of drug-likeness (QED) is 0.423. The Kier molecular flexibility index (Phi) is 8.17. The van der Waals surface area contributed by atoms with Crippen LogP contribution in [0.5, 0.6) is 5.75 Å². The van der Waals surface area contributed by atoms with Gasteiger partial charge in [-0.3, -0.25) is 19.7 Å². The van der Waals surface area contributed by atoms with Crippen LogP contribution < -0.4 is 20.3 Å². The van der Waals surface area contributed by atoms with Crippen LogP contribution >= 0.6 is 0 Å². The van der Waals surface area contributed by atoms with Gasteiger partial charge in [-0.1, -0.05) is 12.1 Å². The summed E-state index contributed by atoms with van der Waals surface area (Å²) >= 11 is 0. The van der Waals surface area contributed by atoms with Crippen LogP contribution in [0.25, 0.3) is 0 Å². The SMILES string of the molecule is COc1cccc(C(=O)NC2CC3(CCN(CC4(O)CCN(c5ccc(C6CCC(=O)NC6=O)cc5F)CC4)CC3)C2)c1. The lowest BCUT2D eigenvalue weighted by Gasteiger charge is -2.53. The van der Waals surface area contributed by atoms with Crippen molar-refractivity contribution < 1.29 is 28.6 Å². The third-order valence-electron chi connectivity index (χ3n) is 10.1. The number of halogens is 1. The number of benzene rings is 2. The van der Waals surface area contributed by atoms with Crippen LogP contribution in [0.3, 0.4) is 0 Å². The summed E-state index contributed by atoms with van der Waals surface area (Å²) < 4.78 is 20.4. The summed E-state index contributed by atoms with van der Waals surface area (Å²) in [4.78, 5) is 40.7. The largest absolute Gasteiger partial charge is 0.497 e. The van der Waals surface area contributed by atoms with E-state index in [1.54, 1.807) is 31.4 Å². The molecular weight excluding hydrogens is 551 g/mol. The first-order valence-electron chi connectivity index (χ1n) is 15.4. The van der Waals surface area contributed by atoms with Crippen molar-refractivity contribution in [2.45, 2.75) is 68.9 Å². The van der Waals surface area contributed by atoms with Gasteiger partial charge < -0.3 is 25.0 Å². The highest BCUT2D eigenvalue weighted by atomic mass is 19.1. The first-order valence-corrected chi connectivity index (χ1v) is 15.4. The van der Waals surface area contributed by atoms with Crippen LogP contribution in [0.2, 0.25) is 0 Å². The van der Waals surface area contributed by atoms with Gasteiger partial charge in [0, 0.05) is 37.7 Å². The van der Waals surface area contributed by atoms with Crippen LogP contribution in [0, 0.1) is 11.2 Å². The zero-order valence-electron chi connectivity index (χ0n) is 24.7. The minimum atomic E-state index is -0.809.